The van der Waals surface area contributed by atoms with Crippen molar-refractivity contribution in [1.82, 2.24) is 19.7 Å². The molecule has 0 amide bonds. The van der Waals surface area contributed by atoms with E-state index in [9.17, 15) is 8.42 Å². The Balaban J connectivity index is 0.00000363. The molecule has 0 bridgehead atoms. The Labute approximate surface area is 207 Å². The fourth-order valence-electron chi connectivity index (χ4n) is 3.37. The Kier molecular flexibility index (Phi) is 10.2. The number of sulfonamides is 1. The first kappa shape index (κ1) is 26.4. The summed E-state index contributed by atoms with van der Waals surface area (Å²) in [5, 5.41) is 7.01. The maximum absolute atomic E-state index is 12.6. The Bertz CT molecular complexity index is 960. The van der Waals surface area contributed by atoms with E-state index in [4.69, 9.17) is 14.3 Å². The lowest BCUT2D eigenvalue weighted by molar-refractivity contribution is 0.227. The first-order chi connectivity index (χ1) is 14.9. The second kappa shape index (κ2) is 12.4. The number of guanidine groups is 1. The molecular weight excluding hydrogens is 545 g/mol. The third-order valence-electron chi connectivity index (χ3n) is 4.91. The van der Waals surface area contributed by atoms with E-state index in [1.54, 1.807) is 6.07 Å². The minimum atomic E-state index is -3.43. The summed E-state index contributed by atoms with van der Waals surface area (Å²) >= 11 is 0. The molecule has 2 aromatic rings. The molecule has 0 radical (unpaired) electrons. The third kappa shape index (κ3) is 7.62. The molecule has 0 aliphatic carbocycles. The van der Waals surface area contributed by atoms with E-state index in [1.165, 1.54) is 10.6 Å². The molecule has 1 aliphatic heterocycles. The van der Waals surface area contributed by atoms with Gasteiger partial charge in [0.25, 0.3) is 0 Å². The Morgan fingerprint density at radius 2 is 2.03 bits per heavy atom. The maximum Gasteiger partial charge on any atom is 0.220 e. The average molecular weight is 577 g/mol. The monoisotopic (exact) mass is 577 g/mol. The van der Waals surface area contributed by atoms with Crippen LogP contribution in [0.4, 0.5) is 0 Å². The van der Waals surface area contributed by atoms with Crippen LogP contribution in [0, 0.1) is 6.92 Å². The van der Waals surface area contributed by atoms with Crippen LogP contribution < -0.4 is 10.1 Å². The molecule has 0 spiro atoms. The lowest BCUT2D eigenvalue weighted by Gasteiger charge is -2.35. The largest absolute Gasteiger partial charge is 0.489 e. The van der Waals surface area contributed by atoms with E-state index in [0.717, 1.165) is 23.8 Å². The van der Waals surface area contributed by atoms with Crippen molar-refractivity contribution >= 4 is 40.0 Å². The van der Waals surface area contributed by atoms with Gasteiger partial charge in [-0.3, -0.25) is 0 Å². The van der Waals surface area contributed by atoms with Crippen LogP contribution in [-0.4, -0.2) is 74.1 Å². The van der Waals surface area contributed by atoms with E-state index >= 15 is 0 Å². The molecule has 1 aromatic carbocycles. The first-order valence-electron chi connectivity index (χ1n) is 10.5. The quantitative estimate of drug-likeness (QED) is 0.293. The van der Waals surface area contributed by atoms with Crippen LogP contribution in [0.2, 0.25) is 0 Å². The van der Waals surface area contributed by atoms with Crippen molar-refractivity contribution in [3.8, 4) is 5.75 Å². The van der Waals surface area contributed by atoms with E-state index < -0.39 is 10.0 Å². The van der Waals surface area contributed by atoms with Gasteiger partial charge in [-0.15, -0.1) is 24.0 Å². The summed E-state index contributed by atoms with van der Waals surface area (Å²) in [7, 11) is -3.43. The fraction of sp³-hybridized carbons (Fsp3) is 0.524. The van der Waals surface area contributed by atoms with Gasteiger partial charge in [0.15, 0.2) is 5.96 Å². The zero-order valence-corrected chi connectivity index (χ0v) is 21.9. The number of benzene rings is 1. The summed E-state index contributed by atoms with van der Waals surface area (Å²) in [6, 6.07) is 9.52. The Morgan fingerprint density at radius 1 is 1.28 bits per heavy atom. The smallest absolute Gasteiger partial charge is 0.220 e. The second-order valence-electron chi connectivity index (χ2n) is 7.57. The summed E-state index contributed by atoms with van der Waals surface area (Å²) < 4.78 is 37.5. The SMILES string of the molecule is CCNC(=NCC(C)Oc1cccc(C)c1)N1CCN(S(=O)(=O)Cc2ccon2)CC1.I. The van der Waals surface area contributed by atoms with Crippen molar-refractivity contribution in [2.45, 2.75) is 32.6 Å². The summed E-state index contributed by atoms with van der Waals surface area (Å²) in [6.45, 7) is 9.21. The molecule has 1 aromatic heterocycles. The van der Waals surface area contributed by atoms with Gasteiger partial charge in [-0.25, -0.2) is 13.4 Å². The average Bonchev–Trinajstić information content (AvgIpc) is 3.23. The van der Waals surface area contributed by atoms with E-state index in [0.29, 0.717) is 38.4 Å². The standard InChI is InChI=1S/C21H31N5O4S.HI/c1-4-22-21(23-15-18(3)30-20-7-5-6-17(2)14-20)25-9-11-26(12-10-25)31(27,28)16-19-8-13-29-24-19;/h5-8,13-14,18H,4,9-12,15-16H2,1-3H3,(H,22,23);1H. The van der Waals surface area contributed by atoms with E-state index in [1.807, 2.05) is 45.0 Å². The van der Waals surface area contributed by atoms with Crippen LogP contribution in [-0.2, 0) is 15.8 Å². The van der Waals surface area contributed by atoms with Crippen LogP contribution in [0.5, 0.6) is 5.75 Å². The van der Waals surface area contributed by atoms with Crippen molar-refractivity contribution in [2.75, 3.05) is 39.3 Å². The Hall–Kier alpha value is -1.86. The molecule has 1 fully saturated rings. The highest BCUT2D eigenvalue weighted by molar-refractivity contribution is 14.0. The molecule has 1 unspecified atom stereocenters. The lowest BCUT2D eigenvalue weighted by atomic mass is 10.2. The van der Waals surface area contributed by atoms with Crippen LogP contribution >= 0.6 is 24.0 Å². The van der Waals surface area contributed by atoms with Crippen molar-refractivity contribution in [2.24, 2.45) is 4.99 Å². The van der Waals surface area contributed by atoms with Gasteiger partial charge in [0, 0.05) is 38.8 Å². The van der Waals surface area contributed by atoms with E-state index in [2.05, 4.69) is 15.4 Å². The molecule has 0 saturated carbocycles. The molecule has 11 heteroatoms. The van der Waals surface area contributed by atoms with Gasteiger partial charge in [-0.2, -0.15) is 4.31 Å². The highest BCUT2D eigenvalue weighted by atomic mass is 127. The number of ether oxygens (including phenoxy) is 1. The van der Waals surface area contributed by atoms with E-state index in [-0.39, 0.29) is 35.8 Å². The minimum absolute atomic E-state index is 0. The molecule has 1 saturated heterocycles. The number of aliphatic imine (C=N–C) groups is 1. The molecular formula is C21H32IN5O4S. The summed E-state index contributed by atoms with van der Waals surface area (Å²) in [5.74, 6) is 1.46. The predicted octanol–water partition coefficient (Wildman–Crippen LogP) is 2.48. The number of hydrogen-bond acceptors (Lipinski definition) is 6. The zero-order chi connectivity index (χ0) is 22.3. The van der Waals surface area contributed by atoms with Crippen LogP contribution in [0.3, 0.4) is 0 Å². The summed E-state index contributed by atoms with van der Waals surface area (Å²) in [4.78, 5) is 6.81. The minimum Gasteiger partial charge on any atom is -0.489 e. The number of nitrogens with zero attached hydrogens (tertiary/aromatic N) is 4. The van der Waals surface area contributed by atoms with Crippen molar-refractivity contribution in [1.29, 1.82) is 0 Å². The summed E-state index contributed by atoms with van der Waals surface area (Å²) in [6.07, 6.45) is 1.30. The number of halogens is 1. The van der Waals surface area contributed by atoms with Gasteiger partial charge in [0.05, 0.1) is 12.2 Å². The predicted molar refractivity (Wildman–Crippen MR) is 135 cm³/mol. The maximum atomic E-state index is 12.6. The van der Waals surface area contributed by atoms with Gasteiger partial charge < -0.3 is 19.5 Å². The number of nitrogens with one attached hydrogen (secondary N) is 1. The van der Waals surface area contributed by atoms with Crippen LogP contribution in [0.15, 0.2) is 46.1 Å². The van der Waals surface area contributed by atoms with Gasteiger partial charge in [0.1, 0.15) is 23.9 Å². The Morgan fingerprint density at radius 3 is 2.66 bits per heavy atom. The molecule has 3 rings (SSSR count). The molecule has 1 atom stereocenters. The number of aryl methyl sites for hydroxylation is 1. The highest BCUT2D eigenvalue weighted by Crippen LogP contribution is 2.15. The normalized spacial score (nSPS) is 16.3. The zero-order valence-electron chi connectivity index (χ0n) is 18.7. The van der Waals surface area contributed by atoms with Gasteiger partial charge in [-0.1, -0.05) is 17.3 Å². The van der Waals surface area contributed by atoms with Crippen molar-refractivity contribution in [3.05, 3.63) is 47.9 Å². The lowest BCUT2D eigenvalue weighted by Crippen LogP contribution is -2.54. The molecule has 2 heterocycles. The molecule has 1 N–H and O–H groups in total. The fourth-order valence-corrected chi connectivity index (χ4v) is 4.79. The number of hydrogen-bond donors (Lipinski definition) is 1. The van der Waals surface area contributed by atoms with Crippen molar-refractivity contribution in [3.63, 3.8) is 0 Å². The topological polar surface area (TPSA) is 100 Å². The molecule has 9 nitrogen and oxygen atoms in total. The summed E-state index contributed by atoms with van der Waals surface area (Å²) in [5.41, 5.74) is 1.57. The molecule has 32 heavy (non-hydrogen) atoms. The van der Waals surface area contributed by atoms with Gasteiger partial charge in [-0.05, 0) is 38.5 Å². The molecule has 178 valence electrons. The van der Waals surface area contributed by atoms with Crippen LogP contribution in [0.25, 0.3) is 0 Å². The number of rotatable bonds is 8. The number of piperazine rings is 1. The first-order valence-corrected chi connectivity index (χ1v) is 12.1. The van der Waals surface area contributed by atoms with Gasteiger partial charge >= 0.3 is 0 Å². The van der Waals surface area contributed by atoms with Gasteiger partial charge in [0.2, 0.25) is 10.0 Å². The molecule has 1 aliphatic rings. The number of aromatic nitrogens is 1. The second-order valence-corrected chi connectivity index (χ2v) is 9.54. The highest BCUT2D eigenvalue weighted by Gasteiger charge is 2.29. The van der Waals surface area contributed by atoms with Crippen molar-refractivity contribution < 1.29 is 17.7 Å². The van der Waals surface area contributed by atoms with Crippen LogP contribution in [0.1, 0.15) is 25.1 Å². The third-order valence-corrected chi connectivity index (χ3v) is 6.73.